The third-order valence-electron chi connectivity index (χ3n) is 8.60. The number of hydrogen-bond acceptors (Lipinski definition) is 8. The zero-order valence-corrected chi connectivity index (χ0v) is 21.0. The van der Waals surface area contributed by atoms with Crippen molar-refractivity contribution in [1.29, 1.82) is 0 Å². The Balaban J connectivity index is 0.00000272. The molecule has 0 amide bonds. The molecule has 8 nitrogen and oxygen atoms in total. The van der Waals surface area contributed by atoms with Gasteiger partial charge in [0, 0.05) is 24.2 Å². The molecule has 4 aliphatic rings. The second kappa shape index (κ2) is 8.11. The molecule has 0 saturated heterocycles. The average Bonchev–Trinajstić information content (AvgIpc) is 2.91. The van der Waals surface area contributed by atoms with Crippen LogP contribution in [-0.4, -0.2) is 47.6 Å². The molecule has 0 aromatic carbocycles. The van der Waals surface area contributed by atoms with Crippen LogP contribution < -0.4 is 29.6 Å². The van der Waals surface area contributed by atoms with Crippen LogP contribution in [0.15, 0.2) is 11.6 Å². The number of aliphatic hydroxyl groups is 1. The van der Waals surface area contributed by atoms with Crippen LogP contribution >= 0.6 is 0 Å². The number of carbonyl (C=O) groups is 3. The first kappa shape index (κ1) is 25.2. The fraction of sp³-hybridized carbons (Fsp3) is 0.762. The quantitative estimate of drug-likeness (QED) is 0.302. The molecule has 3 fully saturated rings. The Hall–Kier alpha value is -0.420. The second-order valence-corrected chi connectivity index (χ2v) is 10.9. The average molecular weight is 462 g/mol. The molecule has 0 aromatic rings. The Morgan fingerprint density at radius 2 is 1.90 bits per heavy atom. The Morgan fingerprint density at radius 3 is 2.55 bits per heavy atom. The van der Waals surface area contributed by atoms with Crippen molar-refractivity contribution < 1.29 is 66.2 Å². The molecule has 0 heterocycles. The summed E-state index contributed by atoms with van der Waals surface area (Å²) in [5.74, 6) is -1.15. The summed E-state index contributed by atoms with van der Waals surface area (Å²) in [6, 6.07) is 0. The van der Waals surface area contributed by atoms with Gasteiger partial charge in [0.2, 0.25) is 10.4 Å². The van der Waals surface area contributed by atoms with Crippen molar-refractivity contribution in [3.05, 3.63) is 11.6 Å². The molecule has 0 spiro atoms. The van der Waals surface area contributed by atoms with Crippen molar-refractivity contribution in [3.63, 3.8) is 0 Å². The summed E-state index contributed by atoms with van der Waals surface area (Å²) in [6.07, 6.45) is 4.82. The normalized spacial score (nSPS) is 42.1. The summed E-state index contributed by atoms with van der Waals surface area (Å²) in [5.41, 5.74) is -2.29. The number of Topliss-reactive ketones (excluding diaryl/α,β-unsaturated/α-hetero) is 2. The summed E-state index contributed by atoms with van der Waals surface area (Å²) in [5, 5.41) is 11.3. The van der Waals surface area contributed by atoms with Crippen LogP contribution in [0.1, 0.15) is 58.8 Å². The van der Waals surface area contributed by atoms with E-state index in [1.807, 2.05) is 0 Å². The van der Waals surface area contributed by atoms with Gasteiger partial charge in [0.15, 0.2) is 11.6 Å². The van der Waals surface area contributed by atoms with E-state index < -0.39 is 33.8 Å². The van der Waals surface area contributed by atoms with E-state index in [1.54, 1.807) is 13.0 Å². The van der Waals surface area contributed by atoms with Crippen LogP contribution in [-0.2, 0) is 29.0 Å². The second-order valence-electron chi connectivity index (χ2n) is 9.89. The number of ketones is 3. The van der Waals surface area contributed by atoms with Gasteiger partial charge in [0.05, 0.1) is 0 Å². The van der Waals surface area contributed by atoms with Crippen molar-refractivity contribution in [1.82, 2.24) is 0 Å². The van der Waals surface area contributed by atoms with Crippen LogP contribution in [0.4, 0.5) is 0 Å². The Bertz CT molecular complexity index is 958. The number of rotatable bonds is 4. The summed E-state index contributed by atoms with van der Waals surface area (Å²) in [4.78, 5) is 38.1. The molecular formula is C21H27NaO8S. The van der Waals surface area contributed by atoms with E-state index in [0.717, 1.165) is 5.57 Å². The summed E-state index contributed by atoms with van der Waals surface area (Å²) in [7, 11) is -5.06. The zero-order chi connectivity index (χ0) is 22.1. The molecule has 6 atom stereocenters. The first-order valence-electron chi connectivity index (χ1n) is 10.4. The third kappa shape index (κ3) is 3.84. The molecule has 0 radical (unpaired) electrons. The first-order valence-corrected chi connectivity index (χ1v) is 11.8. The predicted octanol–water partition coefficient (Wildman–Crippen LogP) is -1.52. The molecule has 0 unspecified atom stereocenters. The molecule has 166 valence electrons. The van der Waals surface area contributed by atoms with Crippen molar-refractivity contribution in [2.45, 2.75) is 64.4 Å². The zero-order valence-electron chi connectivity index (χ0n) is 18.2. The monoisotopic (exact) mass is 462 g/mol. The van der Waals surface area contributed by atoms with E-state index in [2.05, 4.69) is 11.1 Å². The van der Waals surface area contributed by atoms with Gasteiger partial charge in [-0.05, 0) is 55.4 Å². The van der Waals surface area contributed by atoms with Crippen molar-refractivity contribution in [2.75, 3.05) is 6.61 Å². The molecule has 4 rings (SSSR count). The van der Waals surface area contributed by atoms with Gasteiger partial charge in [-0.3, -0.25) is 18.6 Å². The largest absolute Gasteiger partial charge is 1.00 e. The van der Waals surface area contributed by atoms with Gasteiger partial charge >= 0.3 is 29.6 Å². The maximum absolute atomic E-state index is 13.4. The smallest absolute Gasteiger partial charge is 0.726 e. The third-order valence-corrected chi connectivity index (χ3v) is 9.01. The maximum atomic E-state index is 13.4. The van der Waals surface area contributed by atoms with Gasteiger partial charge in [-0.1, -0.05) is 19.4 Å². The number of fused-ring (bicyclic) bond motifs is 5. The van der Waals surface area contributed by atoms with E-state index in [-0.39, 0.29) is 77.1 Å². The number of hydrogen-bond donors (Lipinski definition) is 1. The summed E-state index contributed by atoms with van der Waals surface area (Å²) in [6.45, 7) is 2.75. The Morgan fingerprint density at radius 1 is 1.23 bits per heavy atom. The van der Waals surface area contributed by atoms with Crippen molar-refractivity contribution in [2.24, 2.45) is 28.6 Å². The van der Waals surface area contributed by atoms with E-state index in [9.17, 15) is 32.5 Å². The molecule has 31 heavy (non-hydrogen) atoms. The van der Waals surface area contributed by atoms with Gasteiger partial charge < -0.3 is 9.66 Å². The molecule has 0 aliphatic heterocycles. The minimum absolute atomic E-state index is 0. The van der Waals surface area contributed by atoms with Crippen LogP contribution in [0.5, 0.6) is 0 Å². The minimum atomic E-state index is -5.06. The molecule has 10 heteroatoms. The number of carbonyl (C=O) groups excluding carboxylic acids is 3. The Kier molecular flexibility index (Phi) is 6.60. The van der Waals surface area contributed by atoms with Gasteiger partial charge in [0.25, 0.3) is 0 Å². The van der Waals surface area contributed by atoms with Crippen LogP contribution in [0.3, 0.4) is 0 Å². The van der Waals surface area contributed by atoms with E-state index >= 15 is 0 Å². The van der Waals surface area contributed by atoms with Crippen molar-refractivity contribution in [3.8, 4) is 0 Å². The van der Waals surface area contributed by atoms with Crippen LogP contribution in [0.25, 0.3) is 0 Å². The molecule has 4 aliphatic carbocycles. The molecular weight excluding hydrogens is 435 g/mol. The maximum Gasteiger partial charge on any atom is 1.00 e. The minimum Gasteiger partial charge on any atom is -0.726 e. The molecule has 0 bridgehead atoms. The SMILES string of the molecule is C[C@]12CCC(=O)C=C1CC[C@@H]1[C@H]2C(=O)C[C@@]2(C)[C@@H]1CC[C@]2(O)C(=O)COS(=O)(=O)[O-].[Na+]. The molecule has 1 N–H and O–H groups in total. The van der Waals surface area contributed by atoms with Crippen LogP contribution in [0.2, 0.25) is 0 Å². The van der Waals surface area contributed by atoms with Gasteiger partial charge in [-0.15, -0.1) is 0 Å². The van der Waals surface area contributed by atoms with E-state index in [1.165, 1.54) is 0 Å². The topological polar surface area (TPSA) is 138 Å². The van der Waals surface area contributed by atoms with Crippen molar-refractivity contribution >= 4 is 27.7 Å². The standard InChI is InChI=1S/C21H28O8S.Na/c1-19-7-5-13(22)9-12(19)3-4-14-15-6-8-21(25,17(24)11-29-30(26,27)28)20(15,2)10-16(23)18(14)19;/h9,14-15,18,25H,3-8,10-11H2,1-2H3,(H,26,27,28);/q;+1/p-1/t14-,15+,18-,19-,20-,21-;/m0./s1. The van der Waals surface area contributed by atoms with E-state index in [4.69, 9.17) is 0 Å². The summed E-state index contributed by atoms with van der Waals surface area (Å²) >= 11 is 0. The van der Waals surface area contributed by atoms with Crippen LogP contribution in [0, 0.1) is 28.6 Å². The first-order chi connectivity index (χ1) is 13.8. The number of allylic oxidation sites excluding steroid dienone is 1. The molecule has 3 saturated carbocycles. The molecule has 0 aromatic heterocycles. The Labute approximate surface area is 204 Å². The predicted molar refractivity (Wildman–Crippen MR) is 103 cm³/mol. The fourth-order valence-corrected chi connectivity index (χ4v) is 7.34. The van der Waals surface area contributed by atoms with E-state index in [0.29, 0.717) is 32.1 Å². The fourth-order valence-electron chi connectivity index (χ4n) is 7.09. The van der Waals surface area contributed by atoms with Gasteiger partial charge in [0.1, 0.15) is 18.0 Å². The van der Waals surface area contributed by atoms with Gasteiger partial charge in [-0.2, -0.15) is 0 Å². The van der Waals surface area contributed by atoms with Gasteiger partial charge in [-0.25, -0.2) is 8.42 Å². The summed E-state index contributed by atoms with van der Waals surface area (Å²) < 4.78 is 36.4.